The number of nitrogens with zero attached hydrogens (tertiary/aromatic N) is 1. The highest BCUT2D eigenvalue weighted by atomic mass is 16.3. The molecule has 0 fully saturated rings. The number of aliphatic hydroxyl groups is 1. The molecule has 0 aliphatic carbocycles. The van der Waals surface area contributed by atoms with Gasteiger partial charge in [-0.3, -0.25) is 4.98 Å². The molecular formula is C14H14N2O. The van der Waals surface area contributed by atoms with Crippen molar-refractivity contribution in [2.75, 3.05) is 0 Å². The van der Waals surface area contributed by atoms with Crippen molar-refractivity contribution in [1.29, 1.82) is 0 Å². The van der Waals surface area contributed by atoms with E-state index in [2.05, 4.69) is 10.3 Å². The average Bonchev–Trinajstić information content (AvgIpc) is 2.86. The number of benzene rings is 1. The third-order valence-corrected chi connectivity index (χ3v) is 3.13. The Morgan fingerprint density at radius 1 is 1.12 bits per heavy atom. The van der Waals surface area contributed by atoms with Crippen molar-refractivity contribution < 1.29 is 5.11 Å². The Labute approximate surface area is 100 Å². The van der Waals surface area contributed by atoms with E-state index in [9.17, 15) is 5.11 Å². The van der Waals surface area contributed by atoms with Crippen LogP contribution < -0.4 is 5.32 Å². The summed E-state index contributed by atoms with van der Waals surface area (Å²) in [4.78, 5) is 4.34. The number of aromatic nitrogens is 1. The van der Waals surface area contributed by atoms with Crippen LogP contribution >= 0.6 is 0 Å². The van der Waals surface area contributed by atoms with Gasteiger partial charge in [-0.05, 0) is 22.8 Å². The van der Waals surface area contributed by atoms with Crippen LogP contribution in [0.25, 0.3) is 0 Å². The lowest BCUT2D eigenvalue weighted by atomic mass is 10.0. The number of rotatable bonds is 2. The fourth-order valence-corrected chi connectivity index (χ4v) is 2.16. The van der Waals surface area contributed by atoms with Gasteiger partial charge in [0.15, 0.2) is 0 Å². The molecule has 0 bridgehead atoms. The zero-order chi connectivity index (χ0) is 11.7. The van der Waals surface area contributed by atoms with Crippen molar-refractivity contribution in [3.63, 3.8) is 0 Å². The standard InChI is InChI=1S/C14H14N2O/c17-14(10-4-2-1-3-5-10)13-6-11-7-15-8-12(11)9-16-13/h1-6,9,14-15,17H,7-8H2. The molecule has 3 nitrogen and oxygen atoms in total. The lowest BCUT2D eigenvalue weighted by Gasteiger charge is -2.11. The van der Waals surface area contributed by atoms with Crippen molar-refractivity contribution in [3.8, 4) is 0 Å². The second-order valence-electron chi connectivity index (χ2n) is 4.29. The first-order valence-corrected chi connectivity index (χ1v) is 5.76. The first kappa shape index (κ1) is 10.4. The first-order valence-electron chi connectivity index (χ1n) is 5.76. The van der Waals surface area contributed by atoms with Gasteiger partial charge in [-0.1, -0.05) is 30.3 Å². The first-order chi connectivity index (χ1) is 8.34. The molecule has 1 atom stereocenters. The molecule has 3 heteroatoms. The Hall–Kier alpha value is -1.71. The van der Waals surface area contributed by atoms with Crippen LogP contribution in [0.15, 0.2) is 42.6 Å². The number of pyridine rings is 1. The molecule has 0 amide bonds. The quantitative estimate of drug-likeness (QED) is 0.820. The summed E-state index contributed by atoms with van der Waals surface area (Å²) in [6, 6.07) is 11.6. The van der Waals surface area contributed by atoms with E-state index in [-0.39, 0.29) is 0 Å². The maximum atomic E-state index is 10.2. The van der Waals surface area contributed by atoms with Gasteiger partial charge < -0.3 is 10.4 Å². The zero-order valence-corrected chi connectivity index (χ0v) is 9.43. The molecule has 1 aromatic heterocycles. The molecule has 0 saturated heterocycles. The fourth-order valence-electron chi connectivity index (χ4n) is 2.16. The maximum Gasteiger partial charge on any atom is 0.121 e. The zero-order valence-electron chi connectivity index (χ0n) is 9.43. The smallest absolute Gasteiger partial charge is 0.121 e. The van der Waals surface area contributed by atoms with E-state index in [0.717, 1.165) is 24.3 Å². The predicted molar refractivity (Wildman–Crippen MR) is 65.3 cm³/mol. The lowest BCUT2D eigenvalue weighted by molar-refractivity contribution is 0.215. The molecule has 0 saturated carbocycles. The van der Waals surface area contributed by atoms with E-state index >= 15 is 0 Å². The molecule has 1 aliphatic rings. The van der Waals surface area contributed by atoms with Crippen LogP contribution in [0, 0.1) is 0 Å². The van der Waals surface area contributed by atoms with Crippen molar-refractivity contribution in [2.24, 2.45) is 0 Å². The second kappa shape index (κ2) is 4.28. The van der Waals surface area contributed by atoms with Crippen LogP contribution in [0.3, 0.4) is 0 Å². The number of nitrogens with one attached hydrogen (secondary N) is 1. The topological polar surface area (TPSA) is 45.2 Å². The van der Waals surface area contributed by atoms with Crippen molar-refractivity contribution in [2.45, 2.75) is 19.2 Å². The molecule has 1 aliphatic heterocycles. The van der Waals surface area contributed by atoms with Gasteiger partial charge in [-0.25, -0.2) is 0 Å². The summed E-state index contributed by atoms with van der Waals surface area (Å²) in [6.45, 7) is 1.75. The van der Waals surface area contributed by atoms with E-state index in [4.69, 9.17) is 0 Å². The van der Waals surface area contributed by atoms with Gasteiger partial charge in [0.25, 0.3) is 0 Å². The summed E-state index contributed by atoms with van der Waals surface area (Å²) in [5.41, 5.74) is 4.07. The van der Waals surface area contributed by atoms with Crippen molar-refractivity contribution >= 4 is 0 Å². The van der Waals surface area contributed by atoms with Crippen LogP contribution in [0.1, 0.15) is 28.5 Å². The largest absolute Gasteiger partial charge is 0.382 e. The minimum Gasteiger partial charge on any atom is -0.382 e. The van der Waals surface area contributed by atoms with Crippen molar-refractivity contribution in [3.05, 3.63) is 65.0 Å². The van der Waals surface area contributed by atoms with Gasteiger partial charge in [0.2, 0.25) is 0 Å². The van der Waals surface area contributed by atoms with Crippen LogP contribution in [0.2, 0.25) is 0 Å². The van der Waals surface area contributed by atoms with Gasteiger partial charge in [-0.15, -0.1) is 0 Å². The number of hydrogen-bond donors (Lipinski definition) is 2. The highest BCUT2D eigenvalue weighted by Gasteiger charge is 2.16. The Kier molecular flexibility index (Phi) is 2.63. The predicted octanol–water partition coefficient (Wildman–Crippen LogP) is 1.77. The van der Waals surface area contributed by atoms with Gasteiger partial charge in [0.05, 0.1) is 5.69 Å². The van der Waals surface area contributed by atoms with Crippen molar-refractivity contribution in [1.82, 2.24) is 10.3 Å². The fraction of sp³-hybridized carbons (Fsp3) is 0.214. The molecule has 17 heavy (non-hydrogen) atoms. The minimum atomic E-state index is -0.637. The molecule has 86 valence electrons. The summed E-state index contributed by atoms with van der Waals surface area (Å²) in [7, 11) is 0. The molecule has 1 aromatic carbocycles. The van der Waals surface area contributed by atoms with Gasteiger partial charge in [-0.2, -0.15) is 0 Å². The third-order valence-electron chi connectivity index (χ3n) is 3.13. The summed E-state index contributed by atoms with van der Waals surface area (Å²) in [5, 5.41) is 13.5. The van der Waals surface area contributed by atoms with Crippen LogP contribution in [-0.2, 0) is 13.1 Å². The Bertz CT molecular complexity index is 525. The Morgan fingerprint density at radius 2 is 1.88 bits per heavy atom. The average molecular weight is 226 g/mol. The Balaban J connectivity index is 1.94. The van der Waals surface area contributed by atoms with Crippen LogP contribution in [0.4, 0.5) is 0 Å². The van der Waals surface area contributed by atoms with E-state index in [1.54, 1.807) is 0 Å². The molecule has 3 rings (SSSR count). The normalized spacial score (nSPS) is 15.6. The van der Waals surface area contributed by atoms with E-state index in [1.807, 2.05) is 42.6 Å². The molecule has 2 heterocycles. The number of hydrogen-bond acceptors (Lipinski definition) is 3. The summed E-state index contributed by atoms with van der Waals surface area (Å²) < 4.78 is 0. The molecule has 0 spiro atoms. The second-order valence-corrected chi connectivity index (χ2v) is 4.29. The van der Waals surface area contributed by atoms with Gasteiger partial charge in [0, 0.05) is 19.3 Å². The summed E-state index contributed by atoms with van der Waals surface area (Å²) in [5.74, 6) is 0. The molecule has 1 unspecified atom stereocenters. The maximum absolute atomic E-state index is 10.2. The number of aliphatic hydroxyl groups excluding tert-OH is 1. The SMILES string of the molecule is OC(c1ccccc1)c1cc2c(cn1)CNC2. The molecule has 2 aromatic rings. The molecular weight excluding hydrogens is 212 g/mol. The van der Waals surface area contributed by atoms with Gasteiger partial charge >= 0.3 is 0 Å². The van der Waals surface area contributed by atoms with E-state index < -0.39 is 6.10 Å². The molecule has 2 N–H and O–H groups in total. The Morgan fingerprint density at radius 3 is 2.71 bits per heavy atom. The summed E-state index contributed by atoms with van der Waals surface area (Å²) in [6.07, 6.45) is 1.22. The monoisotopic (exact) mass is 226 g/mol. The minimum absolute atomic E-state index is 0.637. The summed E-state index contributed by atoms with van der Waals surface area (Å²) >= 11 is 0. The van der Waals surface area contributed by atoms with Crippen LogP contribution in [-0.4, -0.2) is 10.1 Å². The third kappa shape index (κ3) is 1.95. The highest BCUT2D eigenvalue weighted by molar-refractivity contribution is 5.33. The number of fused-ring (bicyclic) bond motifs is 1. The highest BCUT2D eigenvalue weighted by Crippen LogP contribution is 2.23. The van der Waals surface area contributed by atoms with E-state index in [0.29, 0.717) is 0 Å². The van der Waals surface area contributed by atoms with E-state index in [1.165, 1.54) is 11.1 Å². The molecule has 0 radical (unpaired) electrons. The van der Waals surface area contributed by atoms with Gasteiger partial charge in [0.1, 0.15) is 6.10 Å². The van der Waals surface area contributed by atoms with Crippen LogP contribution in [0.5, 0.6) is 0 Å². The lowest BCUT2D eigenvalue weighted by Crippen LogP contribution is -2.03.